The van der Waals surface area contributed by atoms with E-state index in [1.165, 1.54) is 18.6 Å². The Kier molecular flexibility index (Phi) is 4.97. The lowest BCUT2D eigenvalue weighted by atomic mass is 9.96. The number of hydrogen-bond donors (Lipinski definition) is 2. The molecule has 2 N–H and O–H groups in total. The highest BCUT2D eigenvalue weighted by atomic mass is 16.5. The van der Waals surface area contributed by atoms with Crippen LogP contribution in [0.15, 0.2) is 36.4 Å². The van der Waals surface area contributed by atoms with Crippen molar-refractivity contribution in [2.45, 2.75) is 38.8 Å². The number of carboxylic acids is 1. The van der Waals surface area contributed by atoms with Crippen molar-refractivity contribution >= 4 is 11.9 Å². The van der Waals surface area contributed by atoms with Crippen LogP contribution in [0, 0.1) is 6.92 Å². The average molecular weight is 340 g/mol. The zero-order valence-electron chi connectivity index (χ0n) is 14.0. The summed E-state index contributed by atoms with van der Waals surface area (Å²) in [5.74, 6) is -0.615. The summed E-state index contributed by atoms with van der Waals surface area (Å²) in [6, 6.07) is 10.5. The molecule has 0 unspecified atom stereocenters. The molecule has 3 rings (SSSR count). The van der Waals surface area contributed by atoms with Gasteiger partial charge in [0.1, 0.15) is 11.4 Å². The van der Waals surface area contributed by atoms with E-state index in [0.717, 1.165) is 24.2 Å². The SMILES string of the molecule is Cc1nc(C(=O)NCc2ccccc2OC2CCC2)ccc1C(=O)O. The van der Waals surface area contributed by atoms with Crippen molar-refractivity contribution < 1.29 is 19.4 Å². The van der Waals surface area contributed by atoms with Crippen molar-refractivity contribution in [1.82, 2.24) is 10.3 Å². The minimum absolute atomic E-state index is 0.0933. The molecule has 1 aliphatic rings. The van der Waals surface area contributed by atoms with Gasteiger partial charge in [0.05, 0.1) is 17.4 Å². The molecule has 0 aliphatic heterocycles. The Labute approximate surface area is 145 Å². The molecule has 6 heteroatoms. The monoisotopic (exact) mass is 340 g/mol. The highest BCUT2D eigenvalue weighted by molar-refractivity contribution is 5.94. The van der Waals surface area contributed by atoms with Gasteiger partial charge in [0, 0.05) is 12.1 Å². The number of aryl methyl sites for hydroxylation is 1. The van der Waals surface area contributed by atoms with Crippen LogP contribution in [0.25, 0.3) is 0 Å². The molecular weight excluding hydrogens is 320 g/mol. The van der Waals surface area contributed by atoms with Crippen LogP contribution in [-0.2, 0) is 6.54 Å². The van der Waals surface area contributed by atoms with Crippen LogP contribution in [0.1, 0.15) is 51.4 Å². The lowest BCUT2D eigenvalue weighted by Gasteiger charge is -2.27. The first-order chi connectivity index (χ1) is 12.0. The van der Waals surface area contributed by atoms with E-state index in [9.17, 15) is 9.59 Å². The maximum absolute atomic E-state index is 12.3. The van der Waals surface area contributed by atoms with Gasteiger partial charge in [-0.3, -0.25) is 4.79 Å². The number of nitrogens with zero attached hydrogens (tertiary/aromatic N) is 1. The van der Waals surface area contributed by atoms with Crippen molar-refractivity contribution in [2.75, 3.05) is 0 Å². The predicted molar refractivity (Wildman–Crippen MR) is 91.8 cm³/mol. The number of para-hydroxylation sites is 1. The summed E-state index contributed by atoms with van der Waals surface area (Å²) < 4.78 is 5.95. The van der Waals surface area contributed by atoms with Gasteiger partial charge in [-0.05, 0) is 44.4 Å². The quantitative estimate of drug-likeness (QED) is 0.844. The Morgan fingerprint density at radius 2 is 2.00 bits per heavy atom. The van der Waals surface area contributed by atoms with Gasteiger partial charge in [0.25, 0.3) is 5.91 Å². The fraction of sp³-hybridized carbons (Fsp3) is 0.316. The second-order valence-corrected chi connectivity index (χ2v) is 6.10. The standard InChI is InChI=1S/C19H20N2O4/c1-12-15(19(23)24)9-10-16(21-12)18(22)20-11-13-5-2-3-8-17(13)25-14-6-4-7-14/h2-3,5,8-10,14H,4,6-7,11H2,1H3,(H,20,22)(H,23,24). The van der Waals surface area contributed by atoms with E-state index < -0.39 is 5.97 Å². The van der Waals surface area contributed by atoms with Gasteiger partial charge >= 0.3 is 5.97 Å². The first-order valence-electron chi connectivity index (χ1n) is 8.28. The highest BCUT2D eigenvalue weighted by Crippen LogP contribution is 2.27. The first-order valence-corrected chi connectivity index (χ1v) is 8.28. The lowest BCUT2D eigenvalue weighted by Crippen LogP contribution is -2.27. The molecule has 1 amide bonds. The molecule has 0 spiro atoms. The summed E-state index contributed by atoms with van der Waals surface area (Å²) in [5, 5.41) is 11.8. The van der Waals surface area contributed by atoms with Crippen LogP contribution >= 0.6 is 0 Å². The Hall–Kier alpha value is -2.89. The number of aromatic nitrogens is 1. The summed E-state index contributed by atoms with van der Waals surface area (Å²) in [7, 11) is 0. The summed E-state index contributed by atoms with van der Waals surface area (Å²) in [6.45, 7) is 1.89. The van der Waals surface area contributed by atoms with Crippen molar-refractivity contribution in [3.63, 3.8) is 0 Å². The zero-order valence-corrected chi connectivity index (χ0v) is 14.0. The summed E-state index contributed by atoms with van der Waals surface area (Å²) >= 11 is 0. The molecule has 1 aromatic carbocycles. The molecule has 6 nitrogen and oxygen atoms in total. The van der Waals surface area contributed by atoms with Crippen LogP contribution in [0.2, 0.25) is 0 Å². The molecule has 1 saturated carbocycles. The lowest BCUT2D eigenvalue weighted by molar-refractivity contribution is 0.0694. The number of benzene rings is 1. The van der Waals surface area contributed by atoms with Crippen molar-refractivity contribution in [1.29, 1.82) is 0 Å². The highest BCUT2D eigenvalue weighted by Gasteiger charge is 2.20. The third-order valence-electron chi connectivity index (χ3n) is 4.31. The largest absolute Gasteiger partial charge is 0.490 e. The smallest absolute Gasteiger partial charge is 0.337 e. The van der Waals surface area contributed by atoms with Crippen LogP contribution in [0.4, 0.5) is 0 Å². The second kappa shape index (κ2) is 7.34. The Morgan fingerprint density at radius 1 is 1.24 bits per heavy atom. The van der Waals surface area contributed by atoms with E-state index in [1.54, 1.807) is 6.92 Å². The number of aromatic carboxylic acids is 1. The summed E-state index contributed by atoms with van der Waals surface area (Å²) in [6.07, 6.45) is 3.60. The van der Waals surface area contributed by atoms with Gasteiger partial charge in [-0.15, -0.1) is 0 Å². The molecule has 0 radical (unpaired) electrons. The average Bonchev–Trinajstić information content (AvgIpc) is 2.56. The molecule has 0 atom stereocenters. The Balaban J connectivity index is 1.66. The molecule has 1 heterocycles. The number of carbonyl (C=O) groups excluding carboxylic acids is 1. The van der Waals surface area contributed by atoms with Crippen molar-refractivity contribution in [2.24, 2.45) is 0 Å². The molecule has 1 fully saturated rings. The van der Waals surface area contributed by atoms with E-state index >= 15 is 0 Å². The van der Waals surface area contributed by atoms with Gasteiger partial charge in [-0.2, -0.15) is 0 Å². The number of nitrogens with one attached hydrogen (secondary N) is 1. The van der Waals surface area contributed by atoms with E-state index in [1.807, 2.05) is 24.3 Å². The van der Waals surface area contributed by atoms with Gasteiger partial charge in [0.15, 0.2) is 0 Å². The van der Waals surface area contributed by atoms with Crippen molar-refractivity contribution in [3.05, 3.63) is 58.9 Å². The molecule has 1 aromatic heterocycles. The Bertz CT molecular complexity index is 800. The molecule has 1 aliphatic carbocycles. The number of carbonyl (C=O) groups is 2. The zero-order chi connectivity index (χ0) is 17.8. The van der Waals surface area contributed by atoms with Crippen molar-refractivity contribution in [3.8, 4) is 5.75 Å². The van der Waals surface area contributed by atoms with Crippen LogP contribution in [-0.4, -0.2) is 28.1 Å². The van der Waals surface area contributed by atoms with Crippen LogP contribution in [0.5, 0.6) is 5.75 Å². The van der Waals surface area contributed by atoms with Gasteiger partial charge < -0.3 is 15.2 Å². The maximum atomic E-state index is 12.3. The number of rotatable bonds is 6. The number of pyridine rings is 1. The third kappa shape index (κ3) is 3.96. The van der Waals surface area contributed by atoms with E-state index in [0.29, 0.717) is 12.2 Å². The molecular formula is C19H20N2O4. The van der Waals surface area contributed by atoms with Gasteiger partial charge in [0.2, 0.25) is 0 Å². The molecule has 0 bridgehead atoms. The van der Waals surface area contributed by atoms with Gasteiger partial charge in [-0.1, -0.05) is 18.2 Å². The number of amides is 1. The second-order valence-electron chi connectivity index (χ2n) is 6.10. The molecule has 25 heavy (non-hydrogen) atoms. The topological polar surface area (TPSA) is 88.5 Å². The molecule has 2 aromatic rings. The maximum Gasteiger partial charge on any atom is 0.337 e. The number of carboxylic acid groups (broad SMARTS) is 1. The van der Waals surface area contributed by atoms with E-state index in [-0.39, 0.29) is 23.3 Å². The normalized spacial score (nSPS) is 13.8. The number of hydrogen-bond acceptors (Lipinski definition) is 4. The van der Waals surface area contributed by atoms with E-state index in [4.69, 9.17) is 9.84 Å². The Morgan fingerprint density at radius 3 is 2.64 bits per heavy atom. The first kappa shape index (κ1) is 17.0. The summed E-state index contributed by atoms with van der Waals surface area (Å²) in [4.78, 5) is 27.4. The summed E-state index contributed by atoms with van der Waals surface area (Å²) in [5.41, 5.74) is 1.51. The molecule has 0 saturated heterocycles. The van der Waals surface area contributed by atoms with E-state index in [2.05, 4.69) is 10.3 Å². The number of ether oxygens (including phenoxy) is 1. The fourth-order valence-electron chi connectivity index (χ4n) is 2.61. The van der Waals surface area contributed by atoms with Crippen LogP contribution in [0.3, 0.4) is 0 Å². The van der Waals surface area contributed by atoms with Crippen LogP contribution < -0.4 is 10.1 Å². The molecule has 130 valence electrons. The third-order valence-corrected chi connectivity index (χ3v) is 4.31. The predicted octanol–water partition coefficient (Wildman–Crippen LogP) is 2.95. The minimum Gasteiger partial charge on any atom is -0.490 e. The van der Waals surface area contributed by atoms with Gasteiger partial charge in [-0.25, -0.2) is 9.78 Å². The minimum atomic E-state index is -1.06. The fourth-order valence-corrected chi connectivity index (χ4v) is 2.61.